The second kappa shape index (κ2) is 10.4. The van der Waals surface area contributed by atoms with Crippen LogP contribution in [-0.4, -0.2) is 61.1 Å². The van der Waals surface area contributed by atoms with E-state index in [1.165, 1.54) is 0 Å². The second-order valence-electron chi connectivity index (χ2n) is 8.21. The zero-order chi connectivity index (χ0) is 21.4. The molecule has 0 aromatic heterocycles. The number of ether oxygens (including phenoxy) is 1. The van der Waals surface area contributed by atoms with E-state index in [9.17, 15) is 9.59 Å². The quantitative estimate of drug-likeness (QED) is 0.702. The number of amides is 2. The van der Waals surface area contributed by atoms with E-state index in [-0.39, 0.29) is 17.4 Å². The van der Waals surface area contributed by atoms with Crippen LogP contribution in [0.1, 0.15) is 29.8 Å². The van der Waals surface area contributed by atoms with Crippen molar-refractivity contribution in [2.45, 2.75) is 31.8 Å². The molecule has 1 saturated heterocycles. The van der Waals surface area contributed by atoms with Crippen molar-refractivity contribution in [2.75, 3.05) is 32.8 Å². The Morgan fingerprint density at radius 2 is 1.60 bits per heavy atom. The van der Waals surface area contributed by atoms with Gasteiger partial charge in [-0.25, -0.2) is 0 Å². The number of carbonyl (C=O) groups excluding carboxylic acids is 2. The van der Waals surface area contributed by atoms with Gasteiger partial charge in [0.05, 0.1) is 13.2 Å². The lowest BCUT2D eigenvalue weighted by atomic mass is 10.0. The van der Waals surface area contributed by atoms with Crippen LogP contribution in [0.15, 0.2) is 60.7 Å². The lowest BCUT2D eigenvalue weighted by molar-refractivity contribution is -0.123. The van der Waals surface area contributed by atoms with E-state index in [0.717, 1.165) is 18.7 Å². The highest BCUT2D eigenvalue weighted by atomic mass is 16.5. The van der Waals surface area contributed by atoms with Gasteiger partial charge in [-0.15, -0.1) is 0 Å². The maximum absolute atomic E-state index is 13.1. The predicted molar refractivity (Wildman–Crippen MR) is 117 cm³/mol. The van der Waals surface area contributed by atoms with E-state index in [1.807, 2.05) is 48.5 Å². The summed E-state index contributed by atoms with van der Waals surface area (Å²) >= 11 is 0. The van der Waals surface area contributed by atoms with Crippen LogP contribution in [0.5, 0.6) is 0 Å². The Balaban J connectivity index is 1.67. The van der Waals surface area contributed by atoms with Crippen LogP contribution in [0.25, 0.3) is 0 Å². The van der Waals surface area contributed by atoms with Gasteiger partial charge >= 0.3 is 0 Å². The molecule has 1 fully saturated rings. The highest BCUT2D eigenvalue weighted by Crippen LogP contribution is 2.15. The molecule has 0 radical (unpaired) electrons. The Bertz CT molecular complexity index is 818. The third-order valence-corrected chi connectivity index (χ3v) is 5.50. The van der Waals surface area contributed by atoms with Gasteiger partial charge < -0.3 is 15.4 Å². The van der Waals surface area contributed by atoms with E-state index < -0.39 is 6.04 Å². The van der Waals surface area contributed by atoms with Crippen LogP contribution >= 0.6 is 0 Å². The molecule has 1 unspecified atom stereocenters. The van der Waals surface area contributed by atoms with Gasteiger partial charge in [-0.3, -0.25) is 14.5 Å². The molecule has 2 aromatic carbocycles. The zero-order valence-electron chi connectivity index (χ0n) is 17.8. The van der Waals surface area contributed by atoms with Gasteiger partial charge in [-0.1, -0.05) is 48.5 Å². The van der Waals surface area contributed by atoms with Crippen molar-refractivity contribution in [1.29, 1.82) is 0 Å². The van der Waals surface area contributed by atoms with Gasteiger partial charge in [-0.2, -0.15) is 0 Å². The smallest absolute Gasteiger partial charge is 0.251 e. The molecule has 0 bridgehead atoms. The topological polar surface area (TPSA) is 70.7 Å². The molecule has 1 heterocycles. The fourth-order valence-electron chi connectivity index (χ4n) is 3.60. The molecule has 2 aromatic rings. The first kappa shape index (κ1) is 22.0. The average Bonchev–Trinajstić information content (AvgIpc) is 2.79. The molecule has 6 nitrogen and oxygen atoms in total. The molecule has 1 aliphatic rings. The summed E-state index contributed by atoms with van der Waals surface area (Å²) in [4.78, 5) is 28.1. The van der Waals surface area contributed by atoms with Crippen molar-refractivity contribution in [3.05, 3.63) is 71.8 Å². The molecule has 2 amide bonds. The number of nitrogens with zero attached hydrogens (tertiary/aromatic N) is 1. The summed E-state index contributed by atoms with van der Waals surface area (Å²) in [6.07, 6.45) is 0.434. The minimum absolute atomic E-state index is 0.176. The van der Waals surface area contributed by atoms with Gasteiger partial charge in [0.2, 0.25) is 5.91 Å². The van der Waals surface area contributed by atoms with E-state index >= 15 is 0 Å². The standard InChI is InChI=1S/C24H31N3O3/c1-24(2,27-13-15-30-16-14-27)18-25-23(29)21(17-19-9-5-3-6-10-19)26-22(28)20-11-7-4-8-12-20/h3-12,21H,13-18H2,1-2H3,(H,25,29)(H,26,28). The number of carbonyl (C=O) groups is 2. The van der Waals surface area contributed by atoms with E-state index in [2.05, 4.69) is 29.4 Å². The Labute approximate surface area is 178 Å². The fraction of sp³-hybridized carbons (Fsp3) is 0.417. The summed E-state index contributed by atoms with van der Waals surface area (Å²) in [5.41, 5.74) is 1.34. The van der Waals surface area contributed by atoms with E-state index in [1.54, 1.807) is 12.1 Å². The molecule has 160 valence electrons. The second-order valence-corrected chi connectivity index (χ2v) is 8.21. The van der Waals surface area contributed by atoms with Gasteiger partial charge in [0.25, 0.3) is 5.91 Å². The fourth-order valence-corrected chi connectivity index (χ4v) is 3.60. The number of nitrogens with one attached hydrogen (secondary N) is 2. The van der Waals surface area contributed by atoms with Crippen LogP contribution < -0.4 is 10.6 Å². The molecule has 2 N–H and O–H groups in total. The first-order chi connectivity index (χ1) is 14.5. The van der Waals surface area contributed by atoms with Crippen LogP contribution in [0.2, 0.25) is 0 Å². The van der Waals surface area contributed by atoms with Gasteiger partial charge in [0.1, 0.15) is 6.04 Å². The third kappa shape index (κ3) is 6.15. The van der Waals surface area contributed by atoms with Crippen molar-refractivity contribution in [1.82, 2.24) is 15.5 Å². The number of benzene rings is 2. The monoisotopic (exact) mass is 409 g/mol. The van der Waals surface area contributed by atoms with Crippen molar-refractivity contribution in [2.24, 2.45) is 0 Å². The Morgan fingerprint density at radius 3 is 2.23 bits per heavy atom. The number of hydrogen-bond donors (Lipinski definition) is 2. The van der Waals surface area contributed by atoms with Gasteiger partial charge in [-0.05, 0) is 31.5 Å². The maximum atomic E-state index is 13.1. The highest BCUT2D eigenvalue weighted by molar-refractivity contribution is 5.97. The molecule has 6 heteroatoms. The summed E-state index contributed by atoms with van der Waals surface area (Å²) in [6, 6.07) is 18.1. The lowest BCUT2D eigenvalue weighted by Gasteiger charge is -2.41. The molecular formula is C24H31N3O3. The van der Waals surface area contributed by atoms with Crippen molar-refractivity contribution in [3.8, 4) is 0 Å². The zero-order valence-corrected chi connectivity index (χ0v) is 17.8. The molecule has 3 rings (SSSR count). The molecular weight excluding hydrogens is 378 g/mol. The first-order valence-corrected chi connectivity index (χ1v) is 10.5. The van der Waals surface area contributed by atoms with Crippen molar-refractivity contribution in [3.63, 3.8) is 0 Å². The first-order valence-electron chi connectivity index (χ1n) is 10.5. The molecule has 0 spiro atoms. The van der Waals surface area contributed by atoms with Gasteiger partial charge in [0, 0.05) is 37.2 Å². The van der Waals surface area contributed by atoms with Crippen LogP contribution in [0.4, 0.5) is 0 Å². The summed E-state index contributed by atoms with van der Waals surface area (Å²) in [5, 5.41) is 5.97. The van der Waals surface area contributed by atoms with Crippen molar-refractivity contribution >= 4 is 11.8 Å². The summed E-state index contributed by atoms with van der Waals surface area (Å²) < 4.78 is 5.43. The van der Waals surface area contributed by atoms with Crippen LogP contribution in [-0.2, 0) is 16.0 Å². The number of morpholine rings is 1. The van der Waals surface area contributed by atoms with E-state index in [4.69, 9.17) is 4.74 Å². The largest absolute Gasteiger partial charge is 0.379 e. The molecule has 0 aliphatic carbocycles. The number of rotatable bonds is 8. The summed E-state index contributed by atoms with van der Waals surface area (Å²) in [6.45, 7) is 7.85. The highest BCUT2D eigenvalue weighted by Gasteiger charge is 2.30. The van der Waals surface area contributed by atoms with Crippen molar-refractivity contribution < 1.29 is 14.3 Å². The minimum Gasteiger partial charge on any atom is -0.379 e. The molecule has 1 atom stereocenters. The van der Waals surface area contributed by atoms with Crippen LogP contribution in [0.3, 0.4) is 0 Å². The number of hydrogen-bond acceptors (Lipinski definition) is 4. The minimum atomic E-state index is -0.652. The Morgan fingerprint density at radius 1 is 1.00 bits per heavy atom. The maximum Gasteiger partial charge on any atom is 0.251 e. The average molecular weight is 410 g/mol. The Kier molecular flexibility index (Phi) is 7.60. The Hall–Kier alpha value is -2.70. The predicted octanol–water partition coefficient (Wildman–Crippen LogP) is 2.25. The van der Waals surface area contributed by atoms with Crippen LogP contribution in [0, 0.1) is 0 Å². The lowest BCUT2D eigenvalue weighted by Crippen LogP contribution is -2.57. The van der Waals surface area contributed by atoms with E-state index in [0.29, 0.717) is 31.7 Å². The summed E-state index contributed by atoms with van der Waals surface area (Å²) in [7, 11) is 0. The molecule has 0 saturated carbocycles. The molecule has 1 aliphatic heterocycles. The summed E-state index contributed by atoms with van der Waals surface area (Å²) in [5.74, 6) is -0.427. The molecule has 30 heavy (non-hydrogen) atoms. The van der Waals surface area contributed by atoms with Gasteiger partial charge in [0.15, 0.2) is 0 Å². The normalized spacial score (nSPS) is 15.9. The SMILES string of the molecule is CC(C)(CNC(=O)C(Cc1ccccc1)NC(=O)c1ccccc1)N1CCOCC1. The third-order valence-electron chi connectivity index (χ3n) is 5.50.